The average molecular weight is 298 g/mol. The van der Waals surface area contributed by atoms with Gasteiger partial charge in [0.2, 0.25) is 5.96 Å². The summed E-state index contributed by atoms with van der Waals surface area (Å²) in [5.74, 6) is -0.124. The lowest BCUT2D eigenvalue weighted by Gasteiger charge is -2.15. The maximum absolute atomic E-state index is 12.1. The van der Waals surface area contributed by atoms with E-state index < -0.39 is 25.5 Å². The van der Waals surface area contributed by atoms with Gasteiger partial charge in [0.05, 0.1) is 4.92 Å². The molecular formula is C11H14N4O4S. The quantitative estimate of drug-likeness (QED) is 0.379. The minimum Gasteiger partial charge on any atom is -0.369 e. The van der Waals surface area contributed by atoms with Crippen molar-refractivity contribution in [1.82, 2.24) is 4.90 Å². The molecule has 0 atom stereocenters. The van der Waals surface area contributed by atoms with Crippen molar-refractivity contribution >= 4 is 21.7 Å². The number of benzene rings is 1. The van der Waals surface area contributed by atoms with Gasteiger partial charge in [-0.3, -0.25) is 10.1 Å². The second kappa shape index (κ2) is 5.45. The van der Waals surface area contributed by atoms with Crippen LogP contribution in [0.2, 0.25) is 0 Å². The first kappa shape index (κ1) is 14.3. The van der Waals surface area contributed by atoms with Gasteiger partial charge in [-0.25, -0.2) is 0 Å². The van der Waals surface area contributed by atoms with Gasteiger partial charge in [-0.2, -0.15) is 8.42 Å². The van der Waals surface area contributed by atoms with Crippen LogP contribution in [0.4, 0.5) is 5.69 Å². The molecule has 1 aliphatic heterocycles. The van der Waals surface area contributed by atoms with E-state index in [1.807, 2.05) is 0 Å². The SMILES string of the molecule is N/C(=N\S(=O)(=O)c1ccccc1[N+](=O)[O-])N1CCCC1. The lowest BCUT2D eigenvalue weighted by atomic mass is 10.3. The Morgan fingerprint density at radius 1 is 1.30 bits per heavy atom. The highest BCUT2D eigenvalue weighted by atomic mass is 32.2. The third kappa shape index (κ3) is 2.87. The van der Waals surface area contributed by atoms with Crippen LogP contribution < -0.4 is 5.73 Å². The van der Waals surface area contributed by atoms with Gasteiger partial charge < -0.3 is 10.6 Å². The number of guanidine groups is 1. The molecule has 1 aliphatic rings. The molecule has 0 radical (unpaired) electrons. The smallest absolute Gasteiger partial charge is 0.292 e. The highest BCUT2D eigenvalue weighted by molar-refractivity contribution is 7.90. The molecule has 1 saturated heterocycles. The van der Waals surface area contributed by atoms with E-state index in [-0.39, 0.29) is 5.96 Å². The van der Waals surface area contributed by atoms with Crippen LogP contribution in [0, 0.1) is 10.1 Å². The zero-order chi connectivity index (χ0) is 14.8. The first-order chi connectivity index (χ1) is 9.42. The minimum absolute atomic E-state index is 0.124. The molecule has 8 nitrogen and oxygen atoms in total. The summed E-state index contributed by atoms with van der Waals surface area (Å²) in [7, 11) is -4.19. The Hall–Kier alpha value is -2.16. The van der Waals surface area contributed by atoms with Crippen LogP contribution in [-0.4, -0.2) is 37.3 Å². The summed E-state index contributed by atoms with van der Waals surface area (Å²) in [6, 6.07) is 5.06. The van der Waals surface area contributed by atoms with E-state index in [0.717, 1.165) is 25.0 Å². The van der Waals surface area contributed by atoms with Crippen LogP contribution in [0.1, 0.15) is 12.8 Å². The number of nitro groups is 1. The molecule has 0 aromatic heterocycles. The zero-order valence-corrected chi connectivity index (χ0v) is 11.4. The molecule has 108 valence electrons. The number of sulfonamides is 1. The maximum atomic E-state index is 12.1. The van der Waals surface area contributed by atoms with E-state index in [4.69, 9.17) is 5.73 Å². The Balaban J connectivity index is 2.40. The summed E-state index contributed by atoms with van der Waals surface area (Å²) in [5, 5.41) is 10.9. The number of hydrogen-bond donors (Lipinski definition) is 1. The largest absolute Gasteiger partial charge is 0.369 e. The van der Waals surface area contributed by atoms with Crippen LogP contribution in [0.15, 0.2) is 33.6 Å². The summed E-state index contributed by atoms with van der Waals surface area (Å²) < 4.78 is 27.7. The summed E-state index contributed by atoms with van der Waals surface area (Å²) in [6.45, 7) is 1.28. The lowest BCUT2D eigenvalue weighted by Crippen LogP contribution is -2.35. The molecule has 0 saturated carbocycles. The summed E-state index contributed by atoms with van der Waals surface area (Å²) in [5.41, 5.74) is 5.15. The Labute approximate surface area is 116 Å². The van der Waals surface area contributed by atoms with E-state index >= 15 is 0 Å². The van der Waals surface area contributed by atoms with Crippen molar-refractivity contribution in [2.24, 2.45) is 10.1 Å². The standard InChI is InChI=1S/C11H14N4O4S/c12-11(14-7-3-4-8-14)13-20(18,19)10-6-2-1-5-9(10)15(16)17/h1-2,5-6H,3-4,7-8H2,(H2,12,13). The molecule has 1 aromatic carbocycles. The van der Waals surface area contributed by atoms with Gasteiger partial charge in [0.25, 0.3) is 15.7 Å². The number of nitrogens with two attached hydrogens (primary N) is 1. The molecule has 0 amide bonds. The molecule has 0 aliphatic carbocycles. The monoisotopic (exact) mass is 298 g/mol. The normalized spacial score (nSPS) is 16.4. The topological polar surface area (TPSA) is 119 Å². The molecule has 1 heterocycles. The second-order valence-corrected chi connectivity index (χ2v) is 5.92. The van der Waals surface area contributed by atoms with Crippen LogP contribution in [0.25, 0.3) is 0 Å². The molecule has 1 fully saturated rings. The summed E-state index contributed by atoms with van der Waals surface area (Å²) in [6.07, 6.45) is 1.84. The fraction of sp³-hybridized carbons (Fsp3) is 0.364. The third-order valence-corrected chi connectivity index (χ3v) is 4.31. The minimum atomic E-state index is -4.19. The van der Waals surface area contributed by atoms with Crippen LogP contribution in [0.3, 0.4) is 0 Å². The number of hydrogen-bond acceptors (Lipinski definition) is 4. The van der Waals surface area contributed by atoms with Gasteiger partial charge in [-0.1, -0.05) is 12.1 Å². The summed E-state index contributed by atoms with van der Waals surface area (Å²) >= 11 is 0. The number of rotatable bonds is 3. The van der Waals surface area contributed by atoms with Gasteiger partial charge >= 0.3 is 0 Å². The van der Waals surface area contributed by atoms with Crippen LogP contribution in [0.5, 0.6) is 0 Å². The molecule has 1 aromatic rings. The molecule has 2 rings (SSSR count). The molecule has 9 heteroatoms. The van der Waals surface area contributed by atoms with Crippen molar-refractivity contribution in [3.8, 4) is 0 Å². The van der Waals surface area contributed by atoms with Gasteiger partial charge in [-0.05, 0) is 18.9 Å². The van der Waals surface area contributed by atoms with Gasteiger partial charge in [0.15, 0.2) is 4.90 Å². The first-order valence-corrected chi connectivity index (χ1v) is 7.44. The Bertz CT molecular complexity index is 650. The molecule has 0 spiro atoms. The molecule has 2 N–H and O–H groups in total. The predicted octanol–water partition coefficient (Wildman–Crippen LogP) is 0.694. The van der Waals surface area contributed by atoms with Crippen molar-refractivity contribution < 1.29 is 13.3 Å². The van der Waals surface area contributed by atoms with Gasteiger partial charge in [0.1, 0.15) is 0 Å². The molecular weight excluding hydrogens is 284 g/mol. The van der Waals surface area contributed by atoms with Crippen molar-refractivity contribution in [1.29, 1.82) is 0 Å². The first-order valence-electron chi connectivity index (χ1n) is 6.00. The van der Waals surface area contributed by atoms with Gasteiger partial charge in [0, 0.05) is 19.2 Å². The highest BCUT2D eigenvalue weighted by Gasteiger charge is 2.26. The fourth-order valence-electron chi connectivity index (χ4n) is 2.00. The van der Waals surface area contributed by atoms with Crippen molar-refractivity contribution in [2.45, 2.75) is 17.7 Å². The Morgan fingerprint density at radius 2 is 1.90 bits per heavy atom. The molecule has 0 bridgehead atoms. The van der Waals surface area contributed by atoms with Crippen molar-refractivity contribution in [3.05, 3.63) is 34.4 Å². The van der Waals surface area contributed by atoms with E-state index in [2.05, 4.69) is 4.40 Å². The number of para-hydroxylation sites is 1. The van der Waals surface area contributed by atoms with E-state index in [9.17, 15) is 18.5 Å². The van der Waals surface area contributed by atoms with Crippen LogP contribution >= 0.6 is 0 Å². The third-order valence-electron chi connectivity index (χ3n) is 2.98. The zero-order valence-electron chi connectivity index (χ0n) is 10.6. The fourth-order valence-corrected chi connectivity index (χ4v) is 3.12. The maximum Gasteiger partial charge on any atom is 0.292 e. The van der Waals surface area contributed by atoms with E-state index in [0.29, 0.717) is 13.1 Å². The van der Waals surface area contributed by atoms with E-state index in [1.54, 1.807) is 4.90 Å². The predicted molar refractivity (Wildman–Crippen MR) is 72.7 cm³/mol. The number of nitro benzene ring substituents is 1. The second-order valence-electron chi connectivity index (χ2n) is 4.34. The number of nitrogens with zero attached hydrogens (tertiary/aromatic N) is 3. The number of likely N-dealkylation sites (tertiary alicyclic amines) is 1. The van der Waals surface area contributed by atoms with E-state index in [1.165, 1.54) is 12.1 Å². The van der Waals surface area contributed by atoms with Gasteiger partial charge in [-0.15, -0.1) is 4.40 Å². The van der Waals surface area contributed by atoms with Crippen molar-refractivity contribution in [2.75, 3.05) is 13.1 Å². The van der Waals surface area contributed by atoms with Crippen LogP contribution in [-0.2, 0) is 10.0 Å². The Morgan fingerprint density at radius 3 is 2.50 bits per heavy atom. The summed E-state index contributed by atoms with van der Waals surface area (Å²) in [4.78, 5) is 11.3. The average Bonchev–Trinajstić information content (AvgIpc) is 2.92. The molecule has 20 heavy (non-hydrogen) atoms. The molecule has 0 unspecified atom stereocenters. The highest BCUT2D eigenvalue weighted by Crippen LogP contribution is 2.24. The Kier molecular flexibility index (Phi) is 3.89. The lowest BCUT2D eigenvalue weighted by molar-refractivity contribution is -0.387. The van der Waals surface area contributed by atoms with Crippen molar-refractivity contribution in [3.63, 3.8) is 0 Å².